The van der Waals surface area contributed by atoms with Crippen LogP contribution in [0.15, 0.2) is 12.2 Å². The highest BCUT2D eigenvalue weighted by molar-refractivity contribution is 5.76. The third-order valence-electron chi connectivity index (χ3n) is 8.09. The average Bonchev–Trinajstić information content (AvgIpc) is 2.98. The Morgan fingerprint density at radius 1 is 0.786 bits per heavy atom. The Labute approximate surface area is 250 Å². The lowest BCUT2D eigenvalue weighted by atomic mass is 9.95. The molecular weight excluding hydrogens is 548 g/mol. The highest BCUT2D eigenvalue weighted by Crippen LogP contribution is 2.28. The molecular formula is C30H56N2O10. The molecule has 0 bridgehead atoms. The predicted molar refractivity (Wildman–Crippen MR) is 156 cm³/mol. The van der Waals surface area contributed by atoms with Crippen molar-refractivity contribution in [1.82, 2.24) is 5.32 Å². The van der Waals surface area contributed by atoms with E-state index in [1.807, 2.05) is 0 Å². The first-order valence-electron chi connectivity index (χ1n) is 15.8. The number of amides is 1. The fourth-order valence-electron chi connectivity index (χ4n) is 5.39. The average molecular weight is 605 g/mol. The molecule has 12 heteroatoms. The number of aliphatic hydroxyl groups is 6. The van der Waals surface area contributed by atoms with Gasteiger partial charge < -0.3 is 55.9 Å². The van der Waals surface area contributed by atoms with Gasteiger partial charge >= 0.3 is 0 Å². The molecule has 2 aliphatic heterocycles. The quantitative estimate of drug-likeness (QED) is 0.0718. The van der Waals surface area contributed by atoms with Crippen molar-refractivity contribution in [3.63, 3.8) is 0 Å². The molecule has 12 nitrogen and oxygen atoms in total. The molecule has 2 aliphatic rings. The first-order valence-corrected chi connectivity index (χ1v) is 15.8. The number of nitrogens with one attached hydrogen (secondary N) is 1. The molecule has 0 aromatic rings. The fourth-order valence-corrected chi connectivity index (χ4v) is 5.39. The molecule has 9 N–H and O–H groups in total. The molecule has 1 amide bonds. The van der Waals surface area contributed by atoms with Crippen LogP contribution in [0.1, 0.15) is 96.8 Å². The van der Waals surface area contributed by atoms with Gasteiger partial charge in [-0.25, -0.2) is 0 Å². The molecule has 0 aromatic carbocycles. The van der Waals surface area contributed by atoms with E-state index in [1.165, 1.54) is 38.5 Å². The minimum absolute atomic E-state index is 0.194. The standard InChI is InChI=1S/C30H56N2O10/c1-2-3-4-5-6-7-8-9-10-11-12-13-14-15-16-17-22(35)32-24-27(38)25(36)20(18-33)41-30(24)42-28-21(19-34)40-29(39)23(31)26(28)37/h9-10,20-21,23-30,33-34,36-39H,2-8,11-19,31H2,1H3,(H,32,35)/b10-9-/t20-,21-,23-,24-,25-,26-,27-,28-,29-,30-/m1/s1. The van der Waals surface area contributed by atoms with Crippen molar-refractivity contribution >= 4 is 5.91 Å². The Balaban J connectivity index is 1.74. The first-order chi connectivity index (χ1) is 20.2. The van der Waals surface area contributed by atoms with Crippen LogP contribution < -0.4 is 11.1 Å². The second-order valence-corrected chi connectivity index (χ2v) is 11.6. The van der Waals surface area contributed by atoms with Gasteiger partial charge in [0.25, 0.3) is 0 Å². The zero-order valence-corrected chi connectivity index (χ0v) is 25.1. The van der Waals surface area contributed by atoms with Crippen molar-refractivity contribution < 1.29 is 49.6 Å². The molecule has 246 valence electrons. The number of rotatable bonds is 20. The summed E-state index contributed by atoms with van der Waals surface area (Å²) in [5.41, 5.74) is 5.77. The zero-order chi connectivity index (χ0) is 30.9. The van der Waals surface area contributed by atoms with E-state index >= 15 is 0 Å². The second-order valence-electron chi connectivity index (χ2n) is 11.6. The van der Waals surface area contributed by atoms with Crippen LogP contribution in [0, 0.1) is 0 Å². The number of carbonyl (C=O) groups is 1. The minimum Gasteiger partial charge on any atom is -0.394 e. The molecule has 2 fully saturated rings. The number of allylic oxidation sites excluding steroid dienone is 2. The van der Waals surface area contributed by atoms with Gasteiger partial charge in [0, 0.05) is 6.42 Å². The summed E-state index contributed by atoms with van der Waals surface area (Å²) >= 11 is 0. The number of unbranched alkanes of at least 4 members (excludes halogenated alkanes) is 11. The summed E-state index contributed by atoms with van der Waals surface area (Å²) < 4.78 is 16.6. The summed E-state index contributed by atoms with van der Waals surface area (Å²) in [4.78, 5) is 12.7. The van der Waals surface area contributed by atoms with Crippen LogP contribution in [0.25, 0.3) is 0 Å². The van der Waals surface area contributed by atoms with Crippen LogP contribution in [-0.4, -0.2) is 111 Å². The lowest BCUT2D eigenvalue weighted by Crippen LogP contribution is -2.68. The van der Waals surface area contributed by atoms with E-state index in [0.29, 0.717) is 6.42 Å². The van der Waals surface area contributed by atoms with E-state index in [1.54, 1.807) is 0 Å². The van der Waals surface area contributed by atoms with Crippen molar-refractivity contribution in [2.45, 2.75) is 158 Å². The van der Waals surface area contributed by atoms with Gasteiger partial charge in [-0.3, -0.25) is 4.79 Å². The highest BCUT2D eigenvalue weighted by Gasteiger charge is 2.50. The molecule has 0 radical (unpaired) electrons. The number of hydrogen-bond acceptors (Lipinski definition) is 11. The number of carbonyl (C=O) groups excluding carboxylic acids is 1. The van der Waals surface area contributed by atoms with Crippen LogP contribution in [-0.2, 0) is 19.0 Å². The van der Waals surface area contributed by atoms with Gasteiger partial charge in [-0.05, 0) is 32.1 Å². The van der Waals surface area contributed by atoms with Crippen LogP contribution in [0.5, 0.6) is 0 Å². The Morgan fingerprint density at radius 3 is 1.95 bits per heavy atom. The molecule has 2 heterocycles. The summed E-state index contributed by atoms with van der Waals surface area (Å²) in [6.07, 6.45) is 8.36. The summed E-state index contributed by atoms with van der Waals surface area (Å²) in [7, 11) is 0. The summed E-state index contributed by atoms with van der Waals surface area (Å²) in [5.74, 6) is -0.380. The van der Waals surface area contributed by atoms with Crippen molar-refractivity contribution in [2.75, 3.05) is 13.2 Å². The van der Waals surface area contributed by atoms with Gasteiger partial charge in [0.05, 0.1) is 19.3 Å². The lowest BCUT2D eigenvalue weighted by molar-refractivity contribution is -0.326. The first kappa shape index (κ1) is 37.0. The summed E-state index contributed by atoms with van der Waals surface area (Å²) in [6, 6.07) is -2.49. The number of ether oxygens (including phenoxy) is 3. The van der Waals surface area contributed by atoms with E-state index < -0.39 is 74.5 Å². The van der Waals surface area contributed by atoms with Gasteiger partial charge in [0.15, 0.2) is 12.6 Å². The van der Waals surface area contributed by atoms with E-state index in [9.17, 15) is 35.4 Å². The minimum atomic E-state index is -1.55. The van der Waals surface area contributed by atoms with Crippen molar-refractivity contribution in [1.29, 1.82) is 0 Å². The summed E-state index contributed by atoms with van der Waals surface area (Å²) in [5, 5.41) is 63.4. The van der Waals surface area contributed by atoms with E-state index in [4.69, 9.17) is 19.9 Å². The lowest BCUT2D eigenvalue weighted by Gasteiger charge is -2.46. The molecule has 0 spiro atoms. The molecule has 0 aromatic heterocycles. The summed E-state index contributed by atoms with van der Waals surface area (Å²) in [6.45, 7) is 0.966. The monoisotopic (exact) mass is 604 g/mol. The number of aliphatic hydroxyl groups excluding tert-OH is 6. The maximum Gasteiger partial charge on any atom is 0.220 e. The third-order valence-corrected chi connectivity index (χ3v) is 8.09. The Morgan fingerprint density at radius 2 is 1.36 bits per heavy atom. The van der Waals surface area contributed by atoms with Crippen LogP contribution >= 0.6 is 0 Å². The van der Waals surface area contributed by atoms with E-state index in [-0.39, 0.29) is 12.3 Å². The maximum absolute atomic E-state index is 12.7. The Bertz CT molecular complexity index is 758. The smallest absolute Gasteiger partial charge is 0.220 e. The normalized spacial score (nSPS) is 33.7. The Hall–Kier alpha value is -1.19. The van der Waals surface area contributed by atoms with Crippen LogP contribution in [0.3, 0.4) is 0 Å². The van der Waals surface area contributed by atoms with Gasteiger partial charge in [-0.1, -0.05) is 70.4 Å². The second kappa shape index (κ2) is 20.7. The maximum atomic E-state index is 12.7. The van der Waals surface area contributed by atoms with Crippen LogP contribution in [0.4, 0.5) is 0 Å². The van der Waals surface area contributed by atoms with Crippen LogP contribution in [0.2, 0.25) is 0 Å². The van der Waals surface area contributed by atoms with E-state index in [2.05, 4.69) is 24.4 Å². The topological polar surface area (TPSA) is 204 Å². The van der Waals surface area contributed by atoms with Crippen molar-refractivity contribution in [2.24, 2.45) is 5.73 Å². The van der Waals surface area contributed by atoms with Crippen molar-refractivity contribution in [3.05, 3.63) is 12.2 Å². The SMILES string of the molecule is CCCCCCCC/C=C\CCCCCCCC(=O)N[C@H]1[C@@H](O[C@H]2[C@H](O)[C@@H](N)[C@H](O)O[C@@H]2CO)O[C@H](CO)[C@@H](O)[C@@H]1O. The Kier molecular flexibility index (Phi) is 18.2. The van der Waals surface area contributed by atoms with Crippen molar-refractivity contribution in [3.8, 4) is 0 Å². The molecule has 0 unspecified atom stereocenters. The van der Waals surface area contributed by atoms with Gasteiger partial charge in [0.1, 0.15) is 42.7 Å². The van der Waals surface area contributed by atoms with E-state index in [0.717, 1.165) is 38.5 Å². The number of hydrogen-bond donors (Lipinski definition) is 8. The predicted octanol–water partition coefficient (Wildman–Crippen LogP) is 0.731. The molecule has 10 atom stereocenters. The molecule has 42 heavy (non-hydrogen) atoms. The third kappa shape index (κ3) is 12.1. The fraction of sp³-hybridized carbons (Fsp3) is 0.900. The largest absolute Gasteiger partial charge is 0.394 e. The molecule has 0 aliphatic carbocycles. The molecule has 2 saturated heterocycles. The van der Waals surface area contributed by atoms with Gasteiger partial charge in [0.2, 0.25) is 5.91 Å². The van der Waals surface area contributed by atoms with Gasteiger partial charge in [-0.15, -0.1) is 0 Å². The molecule has 0 saturated carbocycles. The van der Waals surface area contributed by atoms with Gasteiger partial charge in [-0.2, -0.15) is 0 Å². The number of nitrogens with two attached hydrogens (primary N) is 1. The zero-order valence-electron chi connectivity index (χ0n) is 25.1. The highest BCUT2D eigenvalue weighted by atomic mass is 16.7. The molecule has 2 rings (SSSR count).